The van der Waals surface area contributed by atoms with Crippen LogP contribution in [0.1, 0.15) is 12.0 Å². The summed E-state index contributed by atoms with van der Waals surface area (Å²) in [6.45, 7) is 0.583. The normalized spacial score (nSPS) is 11.7. The second-order valence-electron chi connectivity index (χ2n) is 4.22. The molecule has 1 rings (SSSR count). The number of urea groups is 1. The van der Waals surface area contributed by atoms with Crippen molar-refractivity contribution in [3.05, 3.63) is 35.9 Å². The van der Waals surface area contributed by atoms with Crippen LogP contribution in [0.4, 0.5) is 4.79 Å². The molecule has 0 bridgehead atoms. The van der Waals surface area contributed by atoms with E-state index in [1.807, 2.05) is 30.3 Å². The number of nitrogens with one attached hydrogen (secondary N) is 1. The number of amides is 2. The molecule has 0 radical (unpaired) electrons. The fourth-order valence-corrected chi connectivity index (χ4v) is 1.50. The van der Waals surface area contributed by atoms with Gasteiger partial charge >= 0.3 is 12.0 Å². The third kappa shape index (κ3) is 5.39. The number of carbonyl (C=O) groups excluding carboxylic acids is 1. The largest absolute Gasteiger partial charge is 0.479 e. The Morgan fingerprint density at radius 3 is 2.53 bits per heavy atom. The van der Waals surface area contributed by atoms with E-state index in [2.05, 4.69) is 5.32 Å². The van der Waals surface area contributed by atoms with Crippen molar-refractivity contribution in [1.82, 2.24) is 10.2 Å². The summed E-state index contributed by atoms with van der Waals surface area (Å²) in [4.78, 5) is 23.5. The number of hydrogen-bond donors (Lipinski definition) is 3. The zero-order chi connectivity index (χ0) is 14.3. The number of nitrogens with zero attached hydrogens (tertiary/aromatic N) is 1. The highest BCUT2D eigenvalue weighted by molar-refractivity contribution is 5.74. The van der Waals surface area contributed by atoms with E-state index < -0.39 is 12.1 Å². The van der Waals surface area contributed by atoms with Gasteiger partial charge in [0.25, 0.3) is 0 Å². The van der Waals surface area contributed by atoms with Crippen LogP contribution < -0.4 is 5.32 Å². The Kier molecular flexibility index (Phi) is 5.81. The second kappa shape index (κ2) is 7.38. The Labute approximate surface area is 111 Å². The summed E-state index contributed by atoms with van der Waals surface area (Å²) in [5.41, 5.74) is 1.01. The SMILES string of the molecule is CN(Cc1ccccc1)C(=O)NCCC(O)C(=O)O. The molecule has 1 aromatic carbocycles. The maximum atomic E-state index is 11.7. The number of benzene rings is 1. The molecule has 0 aromatic heterocycles. The molecule has 0 spiro atoms. The zero-order valence-electron chi connectivity index (χ0n) is 10.7. The number of aliphatic hydroxyl groups is 1. The predicted octanol–water partition coefficient (Wildman–Crippen LogP) is 0.664. The molecular weight excluding hydrogens is 248 g/mol. The van der Waals surface area contributed by atoms with Crippen molar-refractivity contribution >= 4 is 12.0 Å². The molecule has 1 unspecified atom stereocenters. The third-order valence-corrected chi connectivity index (χ3v) is 2.59. The Hall–Kier alpha value is -2.08. The lowest BCUT2D eigenvalue weighted by Gasteiger charge is -2.18. The van der Waals surface area contributed by atoms with Crippen LogP contribution in [0.25, 0.3) is 0 Å². The smallest absolute Gasteiger partial charge is 0.332 e. The molecule has 2 amide bonds. The standard InChI is InChI=1S/C13H18N2O4/c1-15(9-10-5-3-2-4-6-10)13(19)14-8-7-11(16)12(17)18/h2-6,11,16H,7-9H2,1H3,(H,14,19)(H,17,18). The first-order valence-corrected chi connectivity index (χ1v) is 5.94. The van der Waals surface area contributed by atoms with Gasteiger partial charge in [-0.1, -0.05) is 30.3 Å². The summed E-state index contributed by atoms with van der Waals surface area (Å²) < 4.78 is 0. The number of aliphatic hydroxyl groups excluding tert-OH is 1. The van der Waals surface area contributed by atoms with Gasteiger partial charge in [0.05, 0.1) is 0 Å². The molecule has 0 aliphatic carbocycles. The number of carboxylic acid groups (broad SMARTS) is 1. The lowest BCUT2D eigenvalue weighted by molar-refractivity contribution is -0.146. The van der Waals surface area contributed by atoms with E-state index in [0.717, 1.165) is 5.56 Å². The van der Waals surface area contributed by atoms with E-state index >= 15 is 0 Å². The third-order valence-electron chi connectivity index (χ3n) is 2.59. The first-order valence-electron chi connectivity index (χ1n) is 5.94. The summed E-state index contributed by atoms with van der Waals surface area (Å²) >= 11 is 0. The van der Waals surface area contributed by atoms with E-state index in [-0.39, 0.29) is 19.0 Å². The maximum Gasteiger partial charge on any atom is 0.332 e. The molecule has 0 aliphatic rings. The molecule has 0 heterocycles. The van der Waals surface area contributed by atoms with Crippen molar-refractivity contribution in [2.45, 2.75) is 19.1 Å². The van der Waals surface area contributed by atoms with Gasteiger partial charge in [-0.05, 0) is 5.56 Å². The van der Waals surface area contributed by atoms with Crippen molar-refractivity contribution in [2.24, 2.45) is 0 Å². The Bertz CT molecular complexity index is 422. The summed E-state index contributed by atoms with van der Waals surface area (Å²) in [6, 6.07) is 9.21. The van der Waals surface area contributed by atoms with Crippen LogP contribution in [0.3, 0.4) is 0 Å². The van der Waals surface area contributed by atoms with E-state index in [9.17, 15) is 9.59 Å². The van der Waals surface area contributed by atoms with Gasteiger partial charge in [-0.15, -0.1) is 0 Å². The number of hydrogen-bond acceptors (Lipinski definition) is 3. The predicted molar refractivity (Wildman–Crippen MR) is 69.6 cm³/mol. The fourth-order valence-electron chi connectivity index (χ4n) is 1.50. The van der Waals surface area contributed by atoms with Crippen LogP contribution in [0, 0.1) is 0 Å². The number of carboxylic acids is 1. The zero-order valence-corrected chi connectivity index (χ0v) is 10.7. The highest BCUT2D eigenvalue weighted by atomic mass is 16.4. The lowest BCUT2D eigenvalue weighted by Crippen LogP contribution is -2.38. The first kappa shape index (κ1) is 15.0. The first-order chi connectivity index (χ1) is 9.00. The number of rotatable bonds is 6. The maximum absolute atomic E-state index is 11.7. The lowest BCUT2D eigenvalue weighted by atomic mass is 10.2. The quantitative estimate of drug-likeness (QED) is 0.705. The molecule has 6 heteroatoms. The van der Waals surface area contributed by atoms with Crippen LogP contribution in [0.2, 0.25) is 0 Å². The summed E-state index contributed by atoms with van der Waals surface area (Å²) in [5.74, 6) is -1.29. The molecule has 104 valence electrons. The molecule has 0 aliphatic heterocycles. The van der Waals surface area contributed by atoms with Gasteiger partial charge in [-0.2, -0.15) is 0 Å². The molecular formula is C13H18N2O4. The molecule has 1 aromatic rings. The number of aliphatic carboxylic acids is 1. The van der Waals surface area contributed by atoms with E-state index in [1.54, 1.807) is 7.05 Å². The van der Waals surface area contributed by atoms with Crippen LogP contribution in [-0.4, -0.2) is 46.8 Å². The molecule has 19 heavy (non-hydrogen) atoms. The Morgan fingerprint density at radius 2 is 1.95 bits per heavy atom. The van der Waals surface area contributed by atoms with E-state index in [4.69, 9.17) is 10.2 Å². The van der Waals surface area contributed by atoms with Gasteiger partial charge in [-0.3, -0.25) is 0 Å². The molecule has 6 nitrogen and oxygen atoms in total. The van der Waals surface area contributed by atoms with Gasteiger partial charge < -0.3 is 20.4 Å². The minimum Gasteiger partial charge on any atom is -0.479 e. The fraction of sp³-hybridized carbons (Fsp3) is 0.385. The summed E-state index contributed by atoms with van der Waals surface area (Å²) in [7, 11) is 1.65. The van der Waals surface area contributed by atoms with Crippen LogP contribution in [0.15, 0.2) is 30.3 Å². The summed E-state index contributed by atoms with van der Waals surface area (Å²) in [6.07, 6.45) is -1.46. The van der Waals surface area contributed by atoms with Crippen molar-refractivity contribution in [3.8, 4) is 0 Å². The Balaban J connectivity index is 2.31. The van der Waals surface area contributed by atoms with Crippen molar-refractivity contribution < 1.29 is 19.8 Å². The minimum atomic E-state index is -1.44. The van der Waals surface area contributed by atoms with E-state index in [0.29, 0.717) is 6.54 Å². The van der Waals surface area contributed by atoms with Gasteiger partial charge in [-0.25, -0.2) is 9.59 Å². The van der Waals surface area contributed by atoms with Crippen LogP contribution in [-0.2, 0) is 11.3 Å². The van der Waals surface area contributed by atoms with Crippen LogP contribution >= 0.6 is 0 Å². The van der Waals surface area contributed by atoms with Gasteiger partial charge in [0.2, 0.25) is 0 Å². The average Bonchev–Trinajstić information content (AvgIpc) is 2.39. The van der Waals surface area contributed by atoms with Crippen molar-refractivity contribution in [2.75, 3.05) is 13.6 Å². The average molecular weight is 266 g/mol. The highest BCUT2D eigenvalue weighted by Crippen LogP contribution is 2.02. The van der Waals surface area contributed by atoms with Crippen molar-refractivity contribution in [3.63, 3.8) is 0 Å². The molecule has 0 saturated heterocycles. The van der Waals surface area contributed by atoms with Gasteiger partial charge in [0.1, 0.15) is 0 Å². The van der Waals surface area contributed by atoms with Gasteiger partial charge in [0.15, 0.2) is 6.10 Å². The molecule has 1 atom stereocenters. The molecule has 3 N–H and O–H groups in total. The topological polar surface area (TPSA) is 89.9 Å². The number of carbonyl (C=O) groups is 2. The second-order valence-corrected chi connectivity index (χ2v) is 4.22. The monoisotopic (exact) mass is 266 g/mol. The van der Waals surface area contributed by atoms with Crippen molar-refractivity contribution in [1.29, 1.82) is 0 Å². The molecule has 0 saturated carbocycles. The highest BCUT2D eigenvalue weighted by Gasteiger charge is 2.14. The summed E-state index contributed by atoms with van der Waals surface area (Å²) in [5, 5.41) is 20.1. The minimum absolute atomic E-state index is 0.0136. The van der Waals surface area contributed by atoms with E-state index in [1.165, 1.54) is 4.90 Å². The Morgan fingerprint density at radius 1 is 1.32 bits per heavy atom. The van der Waals surface area contributed by atoms with Gasteiger partial charge in [0, 0.05) is 26.6 Å². The molecule has 0 fully saturated rings. The van der Waals surface area contributed by atoms with Crippen LogP contribution in [0.5, 0.6) is 0 Å².